The summed E-state index contributed by atoms with van der Waals surface area (Å²) in [5, 5.41) is 12.2. The molecule has 0 amide bonds. The van der Waals surface area contributed by atoms with Crippen molar-refractivity contribution in [2.24, 2.45) is 0 Å². The van der Waals surface area contributed by atoms with Crippen molar-refractivity contribution in [3.8, 4) is 0 Å². The maximum absolute atomic E-state index is 14.0. The molecule has 1 aromatic heterocycles. The number of halogens is 2. The molecule has 0 atom stereocenters. The van der Waals surface area contributed by atoms with Crippen LogP contribution in [-0.4, -0.2) is 24.7 Å². The van der Waals surface area contributed by atoms with Gasteiger partial charge in [0.2, 0.25) is 0 Å². The number of carbonyl (C=O) groups is 1. The molecule has 0 spiro atoms. The molecule has 20 heavy (non-hydrogen) atoms. The van der Waals surface area contributed by atoms with Crippen LogP contribution in [-0.2, 0) is 15.6 Å². The molecule has 106 valence electrons. The number of nitrogens with zero attached hydrogens (tertiary/aromatic N) is 1. The van der Waals surface area contributed by atoms with E-state index in [1.165, 1.54) is 12.3 Å². The molecule has 6 nitrogen and oxygen atoms in total. The third-order valence-corrected chi connectivity index (χ3v) is 4.48. The highest BCUT2D eigenvalue weighted by Gasteiger charge is 2.26. The smallest absolute Gasteiger partial charge is 0.338 e. The molecule has 0 saturated carbocycles. The number of aromatic carboxylic acids is 1. The molecule has 1 N–H and O–H groups in total. The molecule has 1 aromatic carbocycles. The van der Waals surface area contributed by atoms with Crippen LogP contribution >= 0.6 is 15.9 Å². The first-order chi connectivity index (χ1) is 9.31. The first kappa shape index (κ1) is 14.7. The van der Waals surface area contributed by atoms with Crippen LogP contribution in [0.15, 0.2) is 38.3 Å². The molecular weight excluding hydrogens is 357 g/mol. The van der Waals surface area contributed by atoms with Crippen molar-refractivity contribution in [1.29, 1.82) is 0 Å². The quantitative estimate of drug-likeness (QED) is 0.894. The fraction of sp³-hybridized carbons (Fsp3) is 0.0909. The van der Waals surface area contributed by atoms with E-state index in [9.17, 15) is 17.6 Å². The van der Waals surface area contributed by atoms with E-state index in [0.29, 0.717) is 0 Å². The zero-order valence-corrected chi connectivity index (χ0v) is 12.1. The van der Waals surface area contributed by atoms with Crippen LogP contribution < -0.4 is 0 Å². The molecule has 2 rings (SSSR count). The van der Waals surface area contributed by atoms with Gasteiger partial charge < -0.3 is 9.63 Å². The van der Waals surface area contributed by atoms with E-state index in [4.69, 9.17) is 5.11 Å². The predicted octanol–water partition coefficient (Wildman–Crippen LogP) is 2.25. The van der Waals surface area contributed by atoms with Gasteiger partial charge in [0.25, 0.3) is 0 Å². The number of carboxylic acid groups (broad SMARTS) is 1. The van der Waals surface area contributed by atoms with Gasteiger partial charge in [0.15, 0.2) is 21.4 Å². The van der Waals surface area contributed by atoms with E-state index in [1.54, 1.807) is 0 Å². The van der Waals surface area contributed by atoms with Gasteiger partial charge >= 0.3 is 5.97 Å². The fourth-order valence-corrected chi connectivity index (χ4v) is 3.51. The van der Waals surface area contributed by atoms with Crippen LogP contribution in [0, 0.1) is 5.82 Å². The lowest BCUT2D eigenvalue weighted by molar-refractivity contribution is 0.0691. The SMILES string of the molecule is O=C(O)c1cc(Br)cc(S(=O)(=O)Cc2ccno2)c1F. The molecule has 0 aliphatic heterocycles. The molecule has 0 saturated heterocycles. The number of carboxylic acids is 1. The van der Waals surface area contributed by atoms with Gasteiger partial charge in [-0.1, -0.05) is 21.1 Å². The summed E-state index contributed by atoms with van der Waals surface area (Å²) in [6.07, 6.45) is 1.25. The average molecular weight is 364 g/mol. The second-order valence-corrected chi connectivity index (χ2v) is 6.68. The Balaban J connectivity index is 2.54. The van der Waals surface area contributed by atoms with Crippen LogP contribution in [0.2, 0.25) is 0 Å². The minimum atomic E-state index is -4.09. The molecule has 0 fully saturated rings. The van der Waals surface area contributed by atoms with E-state index >= 15 is 0 Å². The predicted molar refractivity (Wildman–Crippen MR) is 68.5 cm³/mol. The summed E-state index contributed by atoms with van der Waals surface area (Å²) in [6, 6.07) is 3.32. The topological polar surface area (TPSA) is 97.5 Å². The zero-order chi connectivity index (χ0) is 14.9. The molecule has 0 radical (unpaired) electrons. The number of hydrogen-bond acceptors (Lipinski definition) is 5. The summed E-state index contributed by atoms with van der Waals surface area (Å²) < 4.78 is 43.0. The van der Waals surface area contributed by atoms with Crippen LogP contribution in [0.4, 0.5) is 4.39 Å². The Morgan fingerprint density at radius 2 is 2.15 bits per heavy atom. The van der Waals surface area contributed by atoms with E-state index in [2.05, 4.69) is 25.6 Å². The van der Waals surface area contributed by atoms with E-state index in [-0.39, 0.29) is 10.2 Å². The van der Waals surface area contributed by atoms with Gasteiger partial charge in [0.1, 0.15) is 10.6 Å². The van der Waals surface area contributed by atoms with Crippen LogP contribution in [0.25, 0.3) is 0 Å². The summed E-state index contributed by atoms with van der Waals surface area (Å²) >= 11 is 2.96. The van der Waals surface area contributed by atoms with E-state index in [1.807, 2.05) is 0 Å². The minimum Gasteiger partial charge on any atom is -0.478 e. The van der Waals surface area contributed by atoms with Crippen molar-refractivity contribution in [1.82, 2.24) is 5.16 Å². The highest BCUT2D eigenvalue weighted by Crippen LogP contribution is 2.26. The average Bonchev–Trinajstić information content (AvgIpc) is 2.83. The maximum Gasteiger partial charge on any atom is 0.338 e. The second kappa shape index (κ2) is 5.33. The highest BCUT2D eigenvalue weighted by atomic mass is 79.9. The molecule has 0 aliphatic rings. The van der Waals surface area contributed by atoms with Crippen LogP contribution in [0.5, 0.6) is 0 Å². The molecule has 0 unspecified atom stereocenters. The molecular formula is C11H7BrFNO5S. The number of benzene rings is 1. The van der Waals surface area contributed by atoms with E-state index in [0.717, 1.165) is 12.1 Å². The largest absolute Gasteiger partial charge is 0.478 e. The Bertz CT molecular complexity index is 757. The summed E-state index contributed by atoms with van der Waals surface area (Å²) in [7, 11) is -4.09. The Hall–Kier alpha value is -1.74. The first-order valence-corrected chi connectivity index (χ1v) is 7.60. The van der Waals surface area contributed by atoms with Gasteiger partial charge in [-0.2, -0.15) is 0 Å². The van der Waals surface area contributed by atoms with Crippen molar-refractivity contribution < 1.29 is 27.2 Å². The Labute approximate surface area is 121 Å². The number of aromatic nitrogens is 1. The van der Waals surface area contributed by atoms with Crippen molar-refractivity contribution in [2.75, 3.05) is 0 Å². The monoisotopic (exact) mass is 363 g/mol. The van der Waals surface area contributed by atoms with Gasteiger partial charge in [-0.15, -0.1) is 0 Å². The number of rotatable bonds is 4. The van der Waals surface area contributed by atoms with Crippen LogP contribution in [0.3, 0.4) is 0 Å². The maximum atomic E-state index is 14.0. The Morgan fingerprint density at radius 3 is 2.70 bits per heavy atom. The Kier molecular flexibility index (Phi) is 3.91. The first-order valence-electron chi connectivity index (χ1n) is 5.16. The summed E-state index contributed by atoms with van der Waals surface area (Å²) in [5.41, 5.74) is -0.726. The Morgan fingerprint density at radius 1 is 1.45 bits per heavy atom. The minimum absolute atomic E-state index is 0.0289. The number of sulfone groups is 1. The van der Waals surface area contributed by atoms with Crippen molar-refractivity contribution in [2.45, 2.75) is 10.6 Å². The van der Waals surface area contributed by atoms with E-state index < -0.39 is 37.8 Å². The fourth-order valence-electron chi connectivity index (χ4n) is 1.53. The summed E-state index contributed by atoms with van der Waals surface area (Å²) in [4.78, 5) is 10.2. The third-order valence-electron chi connectivity index (χ3n) is 2.39. The molecule has 1 heterocycles. The van der Waals surface area contributed by atoms with Crippen molar-refractivity contribution in [3.05, 3.63) is 46.0 Å². The highest BCUT2D eigenvalue weighted by molar-refractivity contribution is 9.10. The normalized spacial score (nSPS) is 11.5. The van der Waals surface area contributed by atoms with Crippen LogP contribution in [0.1, 0.15) is 16.1 Å². The lowest BCUT2D eigenvalue weighted by Crippen LogP contribution is -2.11. The van der Waals surface area contributed by atoms with Gasteiger partial charge in [-0.05, 0) is 12.1 Å². The van der Waals surface area contributed by atoms with Gasteiger partial charge in [0, 0.05) is 10.5 Å². The lowest BCUT2D eigenvalue weighted by Gasteiger charge is -2.07. The second-order valence-electron chi connectivity index (χ2n) is 3.81. The number of hydrogen-bond donors (Lipinski definition) is 1. The summed E-state index contributed by atoms with van der Waals surface area (Å²) in [5.74, 6) is -3.44. The van der Waals surface area contributed by atoms with Crippen molar-refractivity contribution >= 4 is 31.7 Å². The standard InChI is InChI=1S/C11H7BrFNO5S/c12-6-3-8(11(15)16)10(13)9(4-6)20(17,18)5-7-1-2-14-19-7/h1-4H,5H2,(H,15,16). The van der Waals surface area contributed by atoms with Gasteiger partial charge in [0.05, 0.1) is 11.8 Å². The van der Waals surface area contributed by atoms with Gasteiger partial charge in [-0.3, -0.25) is 0 Å². The lowest BCUT2D eigenvalue weighted by atomic mass is 10.2. The van der Waals surface area contributed by atoms with Crippen molar-refractivity contribution in [3.63, 3.8) is 0 Å². The molecule has 0 bridgehead atoms. The third kappa shape index (κ3) is 2.88. The molecule has 0 aliphatic carbocycles. The summed E-state index contributed by atoms with van der Waals surface area (Å²) in [6.45, 7) is 0. The van der Waals surface area contributed by atoms with Gasteiger partial charge in [-0.25, -0.2) is 17.6 Å². The molecule has 2 aromatic rings. The molecule has 9 heteroatoms. The zero-order valence-electron chi connectivity index (χ0n) is 9.71.